The van der Waals surface area contributed by atoms with E-state index in [1.807, 2.05) is 12.1 Å². The molecule has 1 aliphatic rings. The van der Waals surface area contributed by atoms with Crippen LogP contribution in [-0.4, -0.2) is 46.5 Å². The highest BCUT2D eigenvalue weighted by atomic mass is 32.2. The highest BCUT2D eigenvalue weighted by molar-refractivity contribution is 7.98. The zero-order valence-electron chi connectivity index (χ0n) is 12.9. The van der Waals surface area contributed by atoms with Crippen molar-refractivity contribution in [1.29, 1.82) is 0 Å². The van der Waals surface area contributed by atoms with Gasteiger partial charge in [-0.25, -0.2) is 0 Å². The fourth-order valence-electron chi connectivity index (χ4n) is 2.51. The van der Waals surface area contributed by atoms with Crippen LogP contribution in [0.3, 0.4) is 0 Å². The molecule has 3 nitrogen and oxygen atoms in total. The number of amides is 1. The van der Waals surface area contributed by atoms with Gasteiger partial charge in [-0.3, -0.25) is 4.79 Å². The summed E-state index contributed by atoms with van der Waals surface area (Å²) in [4.78, 5) is 13.7. The number of rotatable bonds is 4. The van der Waals surface area contributed by atoms with Crippen molar-refractivity contribution >= 4 is 17.7 Å². The van der Waals surface area contributed by atoms with Crippen molar-refractivity contribution in [1.82, 2.24) is 4.90 Å². The van der Waals surface area contributed by atoms with Gasteiger partial charge in [0.25, 0.3) is 5.91 Å². The van der Waals surface area contributed by atoms with Crippen LogP contribution < -0.4 is 0 Å². The number of hydrogen-bond acceptors (Lipinski definition) is 3. The number of halogens is 3. The third kappa shape index (κ3) is 4.20. The minimum Gasteiger partial charge on any atom is -0.380 e. The summed E-state index contributed by atoms with van der Waals surface area (Å²) in [5.74, 6) is 1.59. The summed E-state index contributed by atoms with van der Waals surface area (Å²) in [6.07, 6.45) is -5.61. The topological polar surface area (TPSA) is 40.5 Å². The maximum Gasteiger partial charge on any atom is 0.417 e. The number of benzene rings is 1. The van der Waals surface area contributed by atoms with Gasteiger partial charge in [0, 0.05) is 37.2 Å². The largest absolute Gasteiger partial charge is 0.417 e. The van der Waals surface area contributed by atoms with Crippen molar-refractivity contribution < 1.29 is 23.1 Å². The molecular formula is C16H20F3NO2S. The molecule has 1 fully saturated rings. The van der Waals surface area contributed by atoms with E-state index in [0.29, 0.717) is 5.56 Å². The number of carbonyl (C=O) groups excluding carboxylic acids is 1. The smallest absolute Gasteiger partial charge is 0.380 e. The Hall–Kier alpha value is -1.21. The quantitative estimate of drug-likeness (QED) is 0.907. The number of alkyl halides is 3. The Morgan fingerprint density at radius 1 is 1.26 bits per heavy atom. The van der Waals surface area contributed by atoms with Crippen molar-refractivity contribution in [2.45, 2.75) is 37.3 Å². The molecule has 1 heterocycles. The van der Waals surface area contributed by atoms with Crippen LogP contribution in [0, 0.1) is 0 Å². The zero-order chi connectivity index (χ0) is 17.1. The zero-order valence-corrected chi connectivity index (χ0v) is 13.7. The van der Waals surface area contributed by atoms with Gasteiger partial charge >= 0.3 is 6.18 Å². The Morgan fingerprint density at radius 3 is 2.30 bits per heavy atom. The summed E-state index contributed by atoms with van der Waals surface area (Å²) in [6.45, 7) is 1.88. The molecule has 0 radical (unpaired) electrons. The van der Waals surface area contributed by atoms with Crippen molar-refractivity contribution in [3.8, 4) is 0 Å². The van der Waals surface area contributed by atoms with Crippen molar-refractivity contribution in [3.05, 3.63) is 35.4 Å². The first kappa shape index (κ1) is 18.1. The normalized spacial score (nSPS) is 18.0. The van der Waals surface area contributed by atoms with Gasteiger partial charge in [-0.05, 0) is 23.4 Å². The number of thioether (sulfide) groups is 1. The molecule has 0 aliphatic carbocycles. The van der Waals surface area contributed by atoms with E-state index in [1.165, 1.54) is 4.90 Å². The lowest BCUT2D eigenvalue weighted by Crippen LogP contribution is -2.54. The summed E-state index contributed by atoms with van der Waals surface area (Å²) in [5.41, 5.74) is -1.10. The fourth-order valence-corrected chi connectivity index (χ4v) is 3.14. The van der Waals surface area contributed by atoms with Crippen LogP contribution in [0.25, 0.3) is 0 Å². The Balaban J connectivity index is 1.97. The molecule has 1 aromatic carbocycles. The van der Waals surface area contributed by atoms with E-state index in [4.69, 9.17) is 0 Å². The van der Waals surface area contributed by atoms with Gasteiger partial charge < -0.3 is 10.0 Å². The van der Waals surface area contributed by atoms with Gasteiger partial charge in [0.15, 0.2) is 5.60 Å². The minimum atomic E-state index is -4.65. The summed E-state index contributed by atoms with van der Waals surface area (Å²) in [5, 5.41) is 9.63. The predicted octanol–water partition coefficient (Wildman–Crippen LogP) is 3.47. The number of piperidine rings is 1. The SMILES string of the molecule is CCSCc1ccc(C(=O)N2CCC(O)(C(F)(F)F)CC2)cc1. The van der Waals surface area contributed by atoms with Gasteiger partial charge in [-0.1, -0.05) is 19.1 Å². The molecule has 0 aromatic heterocycles. The number of carbonyl (C=O) groups is 1. The molecule has 1 N–H and O–H groups in total. The van der Waals surface area contributed by atoms with E-state index >= 15 is 0 Å². The van der Waals surface area contributed by atoms with Crippen molar-refractivity contribution in [2.75, 3.05) is 18.8 Å². The molecule has 23 heavy (non-hydrogen) atoms. The lowest BCUT2D eigenvalue weighted by Gasteiger charge is -2.39. The van der Waals surface area contributed by atoms with Crippen LogP contribution in [-0.2, 0) is 5.75 Å². The molecule has 1 aliphatic heterocycles. The van der Waals surface area contributed by atoms with Crippen LogP contribution in [0.15, 0.2) is 24.3 Å². The molecule has 0 unspecified atom stereocenters. The molecule has 1 aromatic rings. The number of nitrogens with zero attached hydrogens (tertiary/aromatic N) is 1. The first-order valence-electron chi connectivity index (χ1n) is 7.52. The Morgan fingerprint density at radius 2 is 1.83 bits per heavy atom. The Kier molecular flexibility index (Phi) is 5.62. The lowest BCUT2D eigenvalue weighted by atomic mass is 9.90. The number of hydrogen-bond donors (Lipinski definition) is 1. The molecule has 0 spiro atoms. The number of aliphatic hydroxyl groups is 1. The van der Waals surface area contributed by atoms with Crippen LogP contribution in [0.2, 0.25) is 0 Å². The van der Waals surface area contributed by atoms with E-state index in [9.17, 15) is 23.1 Å². The number of likely N-dealkylation sites (tertiary alicyclic amines) is 1. The van der Waals surface area contributed by atoms with Gasteiger partial charge in [0.1, 0.15) is 0 Å². The average molecular weight is 347 g/mol. The summed E-state index contributed by atoms with van der Waals surface area (Å²) in [6, 6.07) is 7.15. The first-order chi connectivity index (χ1) is 10.8. The van der Waals surface area contributed by atoms with E-state index in [2.05, 4.69) is 6.92 Å². The summed E-state index contributed by atoms with van der Waals surface area (Å²) in [7, 11) is 0. The minimum absolute atomic E-state index is 0.0950. The maximum absolute atomic E-state index is 12.8. The molecule has 7 heteroatoms. The van der Waals surface area contributed by atoms with Crippen LogP contribution in [0.4, 0.5) is 13.2 Å². The predicted molar refractivity (Wildman–Crippen MR) is 84.4 cm³/mol. The molecule has 0 saturated carbocycles. The highest BCUT2D eigenvalue weighted by Crippen LogP contribution is 2.38. The van der Waals surface area contributed by atoms with Crippen LogP contribution in [0.1, 0.15) is 35.7 Å². The summed E-state index contributed by atoms with van der Waals surface area (Å²) >= 11 is 1.78. The Labute approximate surface area is 137 Å². The molecule has 128 valence electrons. The average Bonchev–Trinajstić information content (AvgIpc) is 2.52. The van der Waals surface area contributed by atoms with Gasteiger partial charge in [0.05, 0.1) is 0 Å². The van der Waals surface area contributed by atoms with E-state index in [-0.39, 0.29) is 19.0 Å². The van der Waals surface area contributed by atoms with Gasteiger partial charge in [-0.2, -0.15) is 24.9 Å². The van der Waals surface area contributed by atoms with Gasteiger partial charge in [0.2, 0.25) is 0 Å². The second-order valence-electron chi connectivity index (χ2n) is 5.66. The van der Waals surface area contributed by atoms with Gasteiger partial charge in [-0.15, -0.1) is 0 Å². The second kappa shape index (κ2) is 7.13. The van der Waals surface area contributed by atoms with Crippen LogP contribution in [0.5, 0.6) is 0 Å². The third-order valence-corrected chi connectivity index (χ3v) is 5.02. The fraction of sp³-hybridized carbons (Fsp3) is 0.562. The summed E-state index contributed by atoms with van der Waals surface area (Å²) < 4.78 is 38.3. The molecule has 2 rings (SSSR count). The lowest BCUT2D eigenvalue weighted by molar-refractivity contribution is -0.271. The van der Waals surface area contributed by atoms with E-state index < -0.39 is 24.6 Å². The monoisotopic (exact) mass is 347 g/mol. The molecule has 0 bridgehead atoms. The van der Waals surface area contributed by atoms with Crippen molar-refractivity contribution in [3.63, 3.8) is 0 Å². The standard InChI is InChI=1S/C16H20F3NO2S/c1-2-23-11-12-3-5-13(6-4-12)14(21)20-9-7-15(22,8-10-20)16(17,18)19/h3-6,22H,2,7-11H2,1H3. The first-order valence-corrected chi connectivity index (χ1v) is 8.67. The third-order valence-electron chi connectivity index (χ3n) is 4.08. The molecule has 1 saturated heterocycles. The molecule has 0 atom stereocenters. The van der Waals surface area contributed by atoms with Crippen LogP contribution >= 0.6 is 11.8 Å². The molecule has 1 amide bonds. The van der Waals surface area contributed by atoms with Crippen molar-refractivity contribution in [2.24, 2.45) is 0 Å². The Bertz CT molecular complexity index is 537. The molecular weight excluding hydrogens is 327 g/mol. The van der Waals surface area contributed by atoms with E-state index in [0.717, 1.165) is 17.1 Å². The van der Waals surface area contributed by atoms with E-state index in [1.54, 1.807) is 23.9 Å². The second-order valence-corrected chi connectivity index (χ2v) is 6.93. The highest BCUT2D eigenvalue weighted by Gasteiger charge is 2.54. The maximum atomic E-state index is 12.8.